The lowest BCUT2D eigenvalue weighted by atomic mass is 10.2. The third kappa shape index (κ3) is 3.33. The van der Waals surface area contributed by atoms with Crippen molar-refractivity contribution in [2.75, 3.05) is 31.1 Å². The highest BCUT2D eigenvalue weighted by Crippen LogP contribution is 2.29. The summed E-state index contributed by atoms with van der Waals surface area (Å²) >= 11 is 6.21. The SMILES string of the molecule is O=C(c1ccc(-c2ccccc2Cl)o1)N1CCN(c2ccccc2)CC1. The van der Waals surface area contributed by atoms with Crippen molar-refractivity contribution in [1.29, 1.82) is 0 Å². The smallest absolute Gasteiger partial charge is 0.289 e. The number of hydrogen-bond donors (Lipinski definition) is 0. The van der Waals surface area contributed by atoms with Crippen LogP contribution in [0.15, 0.2) is 71.1 Å². The van der Waals surface area contributed by atoms with E-state index in [1.54, 1.807) is 12.1 Å². The van der Waals surface area contributed by atoms with Crippen molar-refractivity contribution < 1.29 is 9.21 Å². The third-order valence-corrected chi connectivity index (χ3v) is 4.97. The molecule has 0 radical (unpaired) electrons. The summed E-state index contributed by atoms with van der Waals surface area (Å²) in [6.07, 6.45) is 0. The molecule has 0 aliphatic carbocycles. The van der Waals surface area contributed by atoms with Gasteiger partial charge in [-0.2, -0.15) is 0 Å². The van der Waals surface area contributed by atoms with Gasteiger partial charge in [0.1, 0.15) is 5.76 Å². The summed E-state index contributed by atoms with van der Waals surface area (Å²) in [5.74, 6) is 0.894. The minimum absolute atomic E-state index is 0.0731. The lowest BCUT2D eigenvalue weighted by Gasteiger charge is -2.35. The van der Waals surface area contributed by atoms with Gasteiger partial charge in [-0.3, -0.25) is 4.79 Å². The van der Waals surface area contributed by atoms with Crippen LogP contribution >= 0.6 is 11.6 Å². The van der Waals surface area contributed by atoms with Crippen LogP contribution in [0.1, 0.15) is 10.6 Å². The number of anilines is 1. The second kappa shape index (κ2) is 7.26. The first kappa shape index (κ1) is 16.7. The van der Waals surface area contributed by atoms with Gasteiger partial charge in [0.25, 0.3) is 5.91 Å². The fourth-order valence-corrected chi connectivity index (χ4v) is 3.45. The molecule has 2 heterocycles. The summed E-state index contributed by atoms with van der Waals surface area (Å²) in [5.41, 5.74) is 1.99. The maximum Gasteiger partial charge on any atom is 0.289 e. The minimum Gasteiger partial charge on any atom is -0.451 e. The number of rotatable bonds is 3. The summed E-state index contributed by atoms with van der Waals surface area (Å²) in [6, 6.07) is 21.3. The van der Waals surface area contributed by atoms with Gasteiger partial charge in [-0.15, -0.1) is 0 Å². The molecule has 1 aliphatic rings. The van der Waals surface area contributed by atoms with Gasteiger partial charge in [-0.1, -0.05) is 41.9 Å². The van der Waals surface area contributed by atoms with E-state index in [1.807, 2.05) is 47.4 Å². The van der Waals surface area contributed by atoms with Crippen molar-refractivity contribution in [1.82, 2.24) is 4.90 Å². The molecule has 4 nitrogen and oxygen atoms in total. The molecule has 0 atom stereocenters. The summed E-state index contributed by atoms with van der Waals surface area (Å²) in [7, 11) is 0. The van der Waals surface area contributed by atoms with Crippen molar-refractivity contribution in [3.8, 4) is 11.3 Å². The largest absolute Gasteiger partial charge is 0.451 e. The zero-order chi connectivity index (χ0) is 17.9. The van der Waals surface area contributed by atoms with Crippen molar-refractivity contribution in [2.45, 2.75) is 0 Å². The molecule has 1 fully saturated rings. The van der Waals surface area contributed by atoms with Crippen molar-refractivity contribution in [3.63, 3.8) is 0 Å². The van der Waals surface area contributed by atoms with Gasteiger partial charge in [0.15, 0.2) is 5.76 Å². The van der Waals surface area contributed by atoms with Crippen LogP contribution in [0.5, 0.6) is 0 Å². The number of carbonyl (C=O) groups excluding carboxylic acids is 1. The molecule has 0 spiro atoms. The van der Waals surface area contributed by atoms with Gasteiger partial charge in [-0.05, 0) is 36.4 Å². The van der Waals surface area contributed by atoms with Crippen LogP contribution in [0.4, 0.5) is 5.69 Å². The third-order valence-electron chi connectivity index (χ3n) is 4.64. The molecule has 132 valence electrons. The van der Waals surface area contributed by atoms with Crippen LogP contribution in [-0.2, 0) is 0 Å². The molecule has 1 aliphatic heterocycles. The number of amides is 1. The normalized spacial score (nSPS) is 14.5. The average molecular weight is 367 g/mol. The zero-order valence-corrected chi connectivity index (χ0v) is 15.0. The number of hydrogen-bond acceptors (Lipinski definition) is 3. The van der Waals surface area contributed by atoms with E-state index >= 15 is 0 Å². The minimum atomic E-state index is -0.0731. The van der Waals surface area contributed by atoms with Crippen LogP contribution in [0.3, 0.4) is 0 Å². The monoisotopic (exact) mass is 366 g/mol. The molecular formula is C21H19ClN2O2. The van der Waals surface area contributed by atoms with Crippen LogP contribution in [0.2, 0.25) is 5.02 Å². The quantitative estimate of drug-likeness (QED) is 0.681. The Hall–Kier alpha value is -2.72. The Morgan fingerprint density at radius 3 is 2.27 bits per heavy atom. The van der Waals surface area contributed by atoms with Gasteiger partial charge in [0, 0.05) is 37.4 Å². The predicted octanol–water partition coefficient (Wildman–Crippen LogP) is 4.56. The fraction of sp³-hybridized carbons (Fsp3) is 0.190. The number of halogens is 1. The van der Waals surface area contributed by atoms with E-state index < -0.39 is 0 Å². The van der Waals surface area contributed by atoms with Gasteiger partial charge in [0.05, 0.1) is 5.02 Å². The molecule has 1 amide bonds. The van der Waals surface area contributed by atoms with Crippen molar-refractivity contribution in [3.05, 3.63) is 77.5 Å². The molecule has 3 aromatic rings. The molecule has 0 saturated carbocycles. The number of nitrogens with zero attached hydrogens (tertiary/aromatic N) is 2. The summed E-state index contributed by atoms with van der Waals surface area (Å²) in [5, 5.41) is 0.609. The fourth-order valence-electron chi connectivity index (χ4n) is 3.22. The summed E-state index contributed by atoms with van der Waals surface area (Å²) in [6.45, 7) is 2.98. The second-order valence-electron chi connectivity index (χ2n) is 6.26. The van der Waals surface area contributed by atoms with E-state index in [0.29, 0.717) is 29.6 Å². The van der Waals surface area contributed by atoms with Gasteiger partial charge in [-0.25, -0.2) is 0 Å². The van der Waals surface area contributed by atoms with Crippen LogP contribution in [0, 0.1) is 0 Å². The standard InChI is InChI=1S/C21H19ClN2O2/c22-18-9-5-4-8-17(18)19-10-11-20(26-19)21(25)24-14-12-23(13-15-24)16-6-2-1-3-7-16/h1-11H,12-15H2. The van der Waals surface area contributed by atoms with E-state index in [1.165, 1.54) is 5.69 Å². The van der Waals surface area contributed by atoms with E-state index in [-0.39, 0.29) is 5.91 Å². The Kier molecular flexibility index (Phi) is 4.67. The molecule has 5 heteroatoms. The first-order valence-electron chi connectivity index (χ1n) is 8.66. The average Bonchev–Trinajstić information content (AvgIpc) is 3.18. The van der Waals surface area contributed by atoms with Gasteiger partial charge in [0.2, 0.25) is 0 Å². The topological polar surface area (TPSA) is 36.7 Å². The highest BCUT2D eigenvalue weighted by atomic mass is 35.5. The Morgan fingerprint density at radius 2 is 1.54 bits per heavy atom. The first-order chi connectivity index (χ1) is 12.7. The number of carbonyl (C=O) groups is 1. The van der Waals surface area contributed by atoms with Crippen molar-refractivity contribution >= 4 is 23.2 Å². The zero-order valence-electron chi connectivity index (χ0n) is 14.3. The van der Waals surface area contributed by atoms with E-state index in [0.717, 1.165) is 18.7 Å². The molecule has 0 bridgehead atoms. The van der Waals surface area contributed by atoms with Crippen LogP contribution in [0.25, 0.3) is 11.3 Å². The van der Waals surface area contributed by atoms with E-state index in [4.69, 9.17) is 16.0 Å². The Morgan fingerprint density at radius 1 is 0.846 bits per heavy atom. The Labute approximate surface area is 157 Å². The summed E-state index contributed by atoms with van der Waals surface area (Å²) in [4.78, 5) is 16.9. The molecule has 2 aromatic carbocycles. The second-order valence-corrected chi connectivity index (χ2v) is 6.67. The van der Waals surface area contributed by atoms with Crippen LogP contribution < -0.4 is 4.90 Å². The Bertz CT molecular complexity index is 899. The highest BCUT2D eigenvalue weighted by Gasteiger charge is 2.24. The molecule has 0 N–H and O–H groups in total. The highest BCUT2D eigenvalue weighted by molar-refractivity contribution is 6.33. The maximum atomic E-state index is 12.8. The number of para-hydroxylation sites is 1. The Balaban J connectivity index is 1.44. The van der Waals surface area contributed by atoms with Crippen LogP contribution in [-0.4, -0.2) is 37.0 Å². The molecule has 26 heavy (non-hydrogen) atoms. The molecule has 0 unspecified atom stereocenters. The first-order valence-corrected chi connectivity index (χ1v) is 9.04. The molecule has 1 saturated heterocycles. The lowest BCUT2D eigenvalue weighted by molar-refractivity contribution is 0.0715. The van der Waals surface area contributed by atoms with Crippen molar-refractivity contribution in [2.24, 2.45) is 0 Å². The van der Waals surface area contributed by atoms with E-state index in [2.05, 4.69) is 17.0 Å². The lowest BCUT2D eigenvalue weighted by Crippen LogP contribution is -2.48. The molecular weight excluding hydrogens is 348 g/mol. The number of furan rings is 1. The molecule has 1 aromatic heterocycles. The summed E-state index contributed by atoms with van der Waals surface area (Å²) < 4.78 is 5.79. The molecule has 4 rings (SSSR count). The van der Waals surface area contributed by atoms with E-state index in [9.17, 15) is 4.79 Å². The number of piperazine rings is 1. The van der Waals surface area contributed by atoms with Gasteiger partial charge >= 0.3 is 0 Å². The van der Waals surface area contributed by atoms with Gasteiger partial charge < -0.3 is 14.2 Å². The maximum absolute atomic E-state index is 12.8. The number of benzene rings is 2. The predicted molar refractivity (Wildman–Crippen MR) is 104 cm³/mol.